The van der Waals surface area contributed by atoms with Crippen LogP contribution in [-0.4, -0.2) is 49.6 Å². The first-order valence-corrected chi connectivity index (χ1v) is 7.53. The second-order valence-electron chi connectivity index (χ2n) is 5.19. The molecule has 0 radical (unpaired) electrons. The molecule has 2 atom stereocenters. The second kappa shape index (κ2) is 6.70. The third-order valence-corrected chi connectivity index (χ3v) is 4.18. The largest absolute Gasteiger partial charge is 0.496 e. The van der Waals surface area contributed by atoms with Crippen molar-refractivity contribution in [2.24, 2.45) is 0 Å². The SMILES string of the molecule is COc1ccc(C(=O)CN2CC(C)OCC2C)cc1Br. The molecule has 0 bridgehead atoms. The predicted octanol–water partition coefficient (Wildman–Crippen LogP) is 2.75. The molecule has 1 fully saturated rings. The minimum atomic E-state index is 0.120. The second-order valence-corrected chi connectivity index (χ2v) is 6.05. The van der Waals surface area contributed by atoms with Gasteiger partial charge in [0.05, 0.1) is 30.8 Å². The number of carbonyl (C=O) groups excluding carboxylic acids is 1. The average Bonchev–Trinajstić information content (AvgIpc) is 2.42. The Bertz CT molecular complexity index is 492. The van der Waals surface area contributed by atoms with Crippen molar-refractivity contribution < 1.29 is 14.3 Å². The van der Waals surface area contributed by atoms with Crippen LogP contribution in [0.2, 0.25) is 0 Å². The Labute approximate surface area is 128 Å². The van der Waals surface area contributed by atoms with E-state index in [2.05, 4.69) is 27.8 Å². The summed E-state index contributed by atoms with van der Waals surface area (Å²) in [6.45, 7) is 6.02. The monoisotopic (exact) mass is 341 g/mol. The molecule has 0 saturated carbocycles. The van der Waals surface area contributed by atoms with Crippen molar-refractivity contribution in [3.8, 4) is 5.75 Å². The number of rotatable bonds is 4. The molecule has 1 aromatic carbocycles. The van der Waals surface area contributed by atoms with Crippen molar-refractivity contribution in [2.45, 2.75) is 26.0 Å². The number of methoxy groups -OCH3 is 1. The molecule has 1 aromatic rings. The van der Waals surface area contributed by atoms with E-state index in [9.17, 15) is 4.79 Å². The van der Waals surface area contributed by atoms with Crippen molar-refractivity contribution in [3.63, 3.8) is 0 Å². The van der Waals surface area contributed by atoms with Crippen molar-refractivity contribution in [3.05, 3.63) is 28.2 Å². The Morgan fingerprint density at radius 3 is 2.90 bits per heavy atom. The summed E-state index contributed by atoms with van der Waals surface area (Å²) in [4.78, 5) is 14.5. The van der Waals surface area contributed by atoms with Gasteiger partial charge in [-0.15, -0.1) is 0 Å². The van der Waals surface area contributed by atoms with Gasteiger partial charge in [0.25, 0.3) is 0 Å². The first kappa shape index (κ1) is 15.5. The van der Waals surface area contributed by atoms with Crippen LogP contribution in [0.4, 0.5) is 0 Å². The Balaban J connectivity index is 2.06. The summed E-state index contributed by atoms with van der Waals surface area (Å²) in [7, 11) is 1.61. The van der Waals surface area contributed by atoms with E-state index in [0.717, 1.165) is 16.8 Å². The molecular formula is C15H20BrNO3. The summed E-state index contributed by atoms with van der Waals surface area (Å²) in [5, 5.41) is 0. The van der Waals surface area contributed by atoms with E-state index in [4.69, 9.17) is 9.47 Å². The number of hydrogen-bond donors (Lipinski definition) is 0. The van der Waals surface area contributed by atoms with Crippen LogP contribution in [0.5, 0.6) is 5.75 Å². The molecule has 0 aliphatic carbocycles. The summed E-state index contributed by atoms with van der Waals surface area (Å²) in [5.41, 5.74) is 0.698. The fourth-order valence-corrected chi connectivity index (χ4v) is 2.85. The summed E-state index contributed by atoms with van der Waals surface area (Å²) >= 11 is 3.41. The van der Waals surface area contributed by atoms with E-state index in [1.54, 1.807) is 13.2 Å². The smallest absolute Gasteiger partial charge is 0.176 e. The Hall–Kier alpha value is -0.910. The average molecular weight is 342 g/mol. The number of ketones is 1. The lowest BCUT2D eigenvalue weighted by molar-refractivity contribution is -0.0460. The normalized spacial score (nSPS) is 23.6. The van der Waals surface area contributed by atoms with E-state index in [-0.39, 0.29) is 17.9 Å². The van der Waals surface area contributed by atoms with Gasteiger partial charge in [0.2, 0.25) is 0 Å². The topological polar surface area (TPSA) is 38.8 Å². The number of benzene rings is 1. The molecule has 2 unspecified atom stereocenters. The molecule has 1 aliphatic rings. The van der Waals surface area contributed by atoms with Gasteiger partial charge < -0.3 is 9.47 Å². The Morgan fingerprint density at radius 2 is 2.25 bits per heavy atom. The van der Waals surface area contributed by atoms with Gasteiger partial charge in [0, 0.05) is 18.2 Å². The maximum atomic E-state index is 12.4. The van der Waals surface area contributed by atoms with Crippen molar-refractivity contribution >= 4 is 21.7 Å². The molecule has 2 rings (SSSR count). The molecule has 0 spiro atoms. The lowest BCUT2D eigenvalue weighted by Crippen LogP contribution is -2.49. The Morgan fingerprint density at radius 1 is 1.50 bits per heavy atom. The summed E-state index contributed by atoms with van der Waals surface area (Å²) in [5.74, 6) is 0.851. The van der Waals surface area contributed by atoms with E-state index in [1.165, 1.54) is 0 Å². The van der Waals surface area contributed by atoms with Gasteiger partial charge in [-0.1, -0.05) is 0 Å². The van der Waals surface area contributed by atoms with Gasteiger partial charge in [0.15, 0.2) is 5.78 Å². The number of ether oxygens (including phenoxy) is 2. The highest BCUT2D eigenvalue weighted by atomic mass is 79.9. The zero-order chi connectivity index (χ0) is 14.7. The first-order valence-electron chi connectivity index (χ1n) is 6.73. The number of nitrogens with zero attached hydrogens (tertiary/aromatic N) is 1. The van der Waals surface area contributed by atoms with Crippen LogP contribution in [0.25, 0.3) is 0 Å². The first-order chi connectivity index (χ1) is 9.51. The minimum absolute atomic E-state index is 0.120. The third-order valence-electron chi connectivity index (χ3n) is 3.56. The Kier molecular flexibility index (Phi) is 5.18. The fourth-order valence-electron chi connectivity index (χ4n) is 2.31. The zero-order valence-electron chi connectivity index (χ0n) is 12.1. The number of halogens is 1. The van der Waals surface area contributed by atoms with Crippen molar-refractivity contribution in [1.29, 1.82) is 0 Å². The highest BCUT2D eigenvalue weighted by Crippen LogP contribution is 2.26. The molecule has 0 N–H and O–H groups in total. The zero-order valence-corrected chi connectivity index (χ0v) is 13.6. The molecule has 1 aliphatic heterocycles. The van der Waals surface area contributed by atoms with Crippen molar-refractivity contribution in [2.75, 3.05) is 26.8 Å². The molecular weight excluding hydrogens is 322 g/mol. The highest BCUT2D eigenvalue weighted by Gasteiger charge is 2.25. The van der Waals surface area contributed by atoms with Crippen molar-refractivity contribution in [1.82, 2.24) is 4.90 Å². The summed E-state index contributed by atoms with van der Waals surface area (Å²) in [6.07, 6.45) is 0.182. The number of morpholine rings is 1. The predicted molar refractivity (Wildman–Crippen MR) is 81.5 cm³/mol. The van der Waals surface area contributed by atoms with Gasteiger partial charge in [-0.3, -0.25) is 9.69 Å². The van der Waals surface area contributed by atoms with Gasteiger partial charge in [-0.25, -0.2) is 0 Å². The standard InChI is InChI=1S/C15H20BrNO3/c1-10-9-20-11(2)7-17(10)8-14(18)12-4-5-15(19-3)13(16)6-12/h4-6,10-11H,7-9H2,1-3H3. The van der Waals surface area contributed by atoms with E-state index in [0.29, 0.717) is 18.7 Å². The lowest BCUT2D eigenvalue weighted by Gasteiger charge is -2.36. The number of carbonyl (C=O) groups is 1. The quantitative estimate of drug-likeness (QED) is 0.789. The fraction of sp³-hybridized carbons (Fsp3) is 0.533. The van der Waals surface area contributed by atoms with Gasteiger partial charge in [-0.2, -0.15) is 0 Å². The van der Waals surface area contributed by atoms with Gasteiger partial charge >= 0.3 is 0 Å². The number of hydrogen-bond acceptors (Lipinski definition) is 4. The molecule has 110 valence electrons. The minimum Gasteiger partial charge on any atom is -0.496 e. The van der Waals surface area contributed by atoms with Crippen LogP contribution in [0, 0.1) is 0 Å². The number of Topliss-reactive ketones (excluding diaryl/α,β-unsaturated/α-hetero) is 1. The summed E-state index contributed by atoms with van der Waals surface area (Å²) in [6, 6.07) is 5.70. The van der Waals surface area contributed by atoms with E-state index < -0.39 is 0 Å². The molecule has 5 heteroatoms. The molecule has 1 saturated heterocycles. The molecule has 20 heavy (non-hydrogen) atoms. The molecule has 0 amide bonds. The van der Waals surface area contributed by atoms with Crippen LogP contribution in [0.1, 0.15) is 24.2 Å². The lowest BCUT2D eigenvalue weighted by atomic mass is 10.1. The van der Waals surface area contributed by atoms with E-state index in [1.807, 2.05) is 19.1 Å². The highest BCUT2D eigenvalue weighted by molar-refractivity contribution is 9.10. The van der Waals surface area contributed by atoms with Crippen LogP contribution in [-0.2, 0) is 4.74 Å². The summed E-state index contributed by atoms with van der Waals surface area (Å²) < 4.78 is 11.6. The van der Waals surface area contributed by atoms with Crippen LogP contribution in [0.15, 0.2) is 22.7 Å². The van der Waals surface area contributed by atoms with Crippen LogP contribution < -0.4 is 4.74 Å². The molecule has 0 aromatic heterocycles. The van der Waals surface area contributed by atoms with E-state index >= 15 is 0 Å². The molecule has 1 heterocycles. The van der Waals surface area contributed by atoms with Crippen LogP contribution >= 0.6 is 15.9 Å². The van der Waals surface area contributed by atoms with Crippen LogP contribution in [0.3, 0.4) is 0 Å². The third kappa shape index (κ3) is 3.59. The molecule has 4 nitrogen and oxygen atoms in total. The van der Waals surface area contributed by atoms with Gasteiger partial charge in [0.1, 0.15) is 5.75 Å². The van der Waals surface area contributed by atoms with Gasteiger partial charge in [-0.05, 0) is 48.0 Å². The maximum Gasteiger partial charge on any atom is 0.176 e. The maximum absolute atomic E-state index is 12.4.